The fourth-order valence-electron chi connectivity index (χ4n) is 8.54. The second kappa shape index (κ2) is 11.7. The van der Waals surface area contributed by atoms with Crippen LogP contribution in [0.2, 0.25) is 4.13 Å². The van der Waals surface area contributed by atoms with Crippen LogP contribution in [-0.2, 0) is 27.2 Å². The molecule has 0 amide bonds. The molecule has 0 spiro atoms. The van der Waals surface area contributed by atoms with Gasteiger partial charge < -0.3 is 0 Å². The number of fused-ring (bicyclic) bond motifs is 2. The number of benzene rings is 4. The van der Waals surface area contributed by atoms with Crippen molar-refractivity contribution in [2.45, 2.75) is 98.4 Å². The van der Waals surface area contributed by atoms with Crippen LogP contribution in [-0.4, -0.2) is 0 Å². The maximum absolute atomic E-state index is 8.41. The van der Waals surface area contributed by atoms with Crippen molar-refractivity contribution in [3.63, 3.8) is 0 Å². The molecule has 0 saturated heterocycles. The zero-order chi connectivity index (χ0) is 34.3. The third-order valence-electron chi connectivity index (χ3n) is 11.2. The van der Waals surface area contributed by atoms with Crippen molar-refractivity contribution < 1.29 is 16.4 Å². The second-order valence-electron chi connectivity index (χ2n) is 16.5. The van der Waals surface area contributed by atoms with Crippen molar-refractivity contribution in [1.29, 1.82) is 0 Å². The number of allylic oxidation sites excluding steroid dienone is 2. The Kier molecular flexibility index (Phi) is 8.64. The molecule has 245 valence electrons. The number of hydrogen-bond donors (Lipinski definition) is 0. The minimum absolute atomic E-state index is 0.0435. The van der Waals surface area contributed by atoms with E-state index in [0.717, 1.165) is 4.13 Å². The van der Waals surface area contributed by atoms with Crippen LogP contribution < -0.4 is 0 Å². The molecule has 0 heterocycles. The fraction of sp³-hybridized carbons (Fsp3) is 0.364. The molecule has 0 fully saturated rings. The van der Waals surface area contributed by atoms with E-state index in [9.17, 15) is 0 Å². The van der Waals surface area contributed by atoms with Crippen LogP contribution in [0.4, 0.5) is 0 Å². The molecule has 2 aliphatic carbocycles. The first-order valence-electron chi connectivity index (χ1n) is 17.3. The predicted molar refractivity (Wildman–Crippen MR) is 206 cm³/mol. The molecular weight excluding hydrogens is 691 g/mol. The van der Waals surface area contributed by atoms with Crippen LogP contribution in [0.3, 0.4) is 0 Å². The van der Waals surface area contributed by atoms with E-state index in [0.29, 0.717) is 0 Å². The molecule has 4 aromatic rings. The van der Waals surface area contributed by atoms with E-state index in [4.69, 9.17) is 17.0 Å². The molecule has 0 radical (unpaired) electrons. The van der Waals surface area contributed by atoms with Gasteiger partial charge in [0.15, 0.2) is 0 Å². The maximum atomic E-state index is 8.41. The van der Waals surface area contributed by atoms with Gasteiger partial charge in [-0.15, -0.1) is 0 Å². The van der Waals surface area contributed by atoms with E-state index in [1.165, 1.54) is 77.9 Å². The Balaban J connectivity index is 1.50. The first-order chi connectivity index (χ1) is 21.9. The average molecular weight is 742 g/mol. The first-order valence-corrected chi connectivity index (χ1v) is 28.2. The topological polar surface area (TPSA) is 0 Å². The van der Waals surface area contributed by atoms with Gasteiger partial charge in [-0.05, 0) is 0 Å². The van der Waals surface area contributed by atoms with E-state index in [1.54, 1.807) is 0 Å². The van der Waals surface area contributed by atoms with E-state index in [1.807, 2.05) is 0 Å². The summed E-state index contributed by atoms with van der Waals surface area (Å²) in [5.74, 6) is 0. The average Bonchev–Trinajstić information content (AvgIpc) is 3.56. The fourth-order valence-corrected chi connectivity index (χ4v) is 27.8. The van der Waals surface area contributed by atoms with Crippen molar-refractivity contribution in [3.8, 4) is 22.3 Å². The Labute approximate surface area is 292 Å². The van der Waals surface area contributed by atoms with Crippen molar-refractivity contribution in [3.05, 3.63) is 128 Å². The Morgan fingerprint density at radius 1 is 0.532 bits per heavy atom. The molecule has 2 unspecified atom stereocenters. The molecule has 0 saturated carbocycles. The molecule has 2 aliphatic rings. The number of aryl methyl sites for hydroxylation is 2. The number of halogens is 2. The summed E-state index contributed by atoms with van der Waals surface area (Å²) in [6.45, 7) is 24.9. The summed E-state index contributed by atoms with van der Waals surface area (Å²) >= 11 is -4.81. The minimum atomic E-state index is -4.81. The summed E-state index contributed by atoms with van der Waals surface area (Å²) in [5, 5.41) is 0. The Morgan fingerprint density at radius 2 is 0.872 bits per heavy atom. The Hall–Kier alpha value is -2.18. The third kappa shape index (κ3) is 5.71. The van der Waals surface area contributed by atoms with Gasteiger partial charge in [0.05, 0.1) is 0 Å². The molecule has 6 rings (SSSR count). The summed E-state index contributed by atoms with van der Waals surface area (Å²) in [4.78, 5) is 0. The van der Waals surface area contributed by atoms with Crippen LogP contribution in [0.5, 0.6) is 0 Å². The van der Waals surface area contributed by atoms with Crippen molar-refractivity contribution in [2.75, 3.05) is 0 Å². The van der Waals surface area contributed by atoms with Crippen LogP contribution in [0.1, 0.15) is 114 Å². The molecule has 3 heteroatoms. The monoisotopic (exact) mass is 739 g/mol. The van der Waals surface area contributed by atoms with Crippen molar-refractivity contribution in [1.82, 2.24) is 0 Å². The van der Waals surface area contributed by atoms with Crippen LogP contribution in [0.25, 0.3) is 34.4 Å². The quantitative estimate of drug-likeness (QED) is 0.191. The Morgan fingerprint density at radius 3 is 1.17 bits per heavy atom. The van der Waals surface area contributed by atoms with E-state index in [2.05, 4.69) is 161 Å². The SMILES string of the molecule is C[CH2][Zr]([Cl])([Cl])([CH]1C(C)=Cc2c(-c3ccc(C(C)(C)C)cc3)ccc(C)c21)[CH]1C(C)=Cc2c(-c3ccc(C(C)(C)C)cc3)ccc(C)c21. The van der Waals surface area contributed by atoms with E-state index < -0.39 is 16.4 Å². The van der Waals surface area contributed by atoms with Crippen LogP contribution in [0.15, 0.2) is 83.9 Å². The molecule has 0 bridgehead atoms. The zero-order valence-corrected chi connectivity index (χ0v) is 34.2. The zero-order valence-electron chi connectivity index (χ0n) is 30.2. The van der Waals surface area contributed by atoms with Crippen LogP contribution >= 0.6 is 17.0 Å². The second-order valence-corrected chi connectivity index (χ2v) is 39.4. The van der Waals surface area contributed by atoms with Gasteiger partial charge in [0.25, 0.3) is 0 Å². The molecule has 0 aromatic heterocycles. The number of rotatable bonds is 5. The van der Waals surface area contributed by atoms with E-state index >= 15 is 0 Å². The van der Waals surface area contributed by atoms with Gasteiger partial charge in [-0.25, -0.2) is 0 Å². The first kappa shape index (κ1) is 34.7. The molecule has 47 heavy (non-hydrogen) atoms. The molecular formula is C44H51Cl2Zr. The predicted octanol–water partition coefficient (Wildman–Crippen LogP) is 14.3. The van der Waals surface area contributed by atoms with E-state index in [-0.39, 0.29) is 18.1 Å². The normalized spacial score (nSPS) is 18.7. The van der Waals surface area contributed by atoms with Gasteiger partial charge in [-0.3, -0.25) is 0 Å². The molecule has 0 N–H and O–H groups in total. The third-order valence-corrected chi connectivity index (χ3v) is 32.3. The van der Waals surface area contributed by atoms with Gasteiger partial charge >= 0.3 is 295 Å². The summed E-state index contributed by atoms with van der Waals surface area (Å²) in [6, 6.07) is 27.4. The van der Waals surface area contributed by atoms with Crippen LogP contribution in [0, 0.1) is 13.8 Å². The standard InChI is InChI=1S/2C21H23.C2H5.2ClH.Zr/c2*1-14-12-19-15(2)6-11-18(20(19)13-14)16-7-9-17(10-8-16)21(3,4)5;1-2;;;/h2*6-13H,1-5H3;1H2,2H3;2*1H;/q;;;;;+2/p-2. The van der Waals surface area contributed by atoms with Gasteiger partial charge in [-0.1, -0.05) is 0 Å². The van der Waals surface area contributed by atoms with Gasteiger partial charge in [0.2, 0.25) is 0 Å². The molecule has 2 atom stereocenters. The summed E-state index contributed by atoms with van der Waals surface area (Å²) in [6.07, 6.45) is 4.81. The molecule has 0 nitrogen and oxygen atoms in total. The van der Waals surface area contributed by atoms with Gasteiger partial charge in [-0.2, -0.15) is 0 Å². The Bertz CT molecular complexity index is 1800. The van der Waals surface area contributed by atoms with Crippen molar-refractivity contribution in [2.24, 2.45) is 0 Å². The van der Waals surface area contributed by atoms with Gasteiger partial charge in [0, 0.05) is 0 Å². The summed E-state index contributed by atoms with van der Waals surface area (Å²) < 4.78 is 0.895. The number of hydrogen-bond acceptors (Lipinski definition) is 0. The summed E-state index contributed by atoms with van der Waals surface area (Å²) in [5.41, 5.74) is 18.5. The molecule has 0 aliphatic heterocycles. The van der Waals surface area contributed by atoms with Crippen molar-refractivity contribution >= 4 is 29.2 Å². The summed E-state index contributed by atoms with van der Waals surface area (Å²) in [7, 11) is 16.8. The molecule has 4 aromatic carbocycles. The van der Waals surface area contributed by atoms with Gasteiger partial charge in [0.1, 0.15) is 0 Å².